The maximum atomic E-state index is 4.62. The lowest BCUT2D eigenvalue weighted by molar-refractivity contribution is 0.347. The smallest absolute Gasteiger partial charge is 0.0456 e. The number of hydrogen-bond donors (Lipinski definition) is 1. The standard InChI is InChI=1S/C23H28N2/c1-2-17-15-20(22-10-3-4-13-24-22)16-19(17)9-5-7-18-8-6-11-23-21(18)12-14-25-23/h3-4,6,8,10-14,17,19-20,25H,2,5,7,9,15-16H2,1H3/t17-,19+,20?/m0/s1. The number of nitrogens with zero attached hydrogens (tertiary/aromatic N) is 1. The van der Waals surface area contributed by atoms with Gasteiger partial charge in [-0.1, -0.05) is 31.5 Å². The van der Waals surface area contributed by atoms with E-state index >= 15 is 0 Å². The highest BCUT2D eigenvalue weighted by Gasteiger charge is 2.33. The second-order valence-corrected chi connectivity index (χ2v) is 7.60. The maximum absolute atomic E-state index is 4.62. The zero-order valence-electron chi connectivity index (χ0n) is 15.1. The number of fused-ring (bicyclic) bond motifs is 1. The van der Waals surface area contributed by atoms with E-state index in [1.165, 1.54) is 60.7 Å². The first-order valence-corrected chi connectivity index (χ1v) is 9.81. The molecule has 3 atom stereocenters. The first kappa shape index (κ1) is 16.4. The highest BCUT2D eigenvalue weighted by molar-refractivity contribution is 5.82. The molecule has 2 heteroatoms. The van der Waals surface area contributed by atoms with Gasteiger partial charge >= 0.3 is 0 Å². The van der Waals surface area contributed by atoms with Crippen LogP contribution >= 0.6 is 0 Å². The number of rotatable bonds is 6. The van der Waals surface area contributed by atoms with Crippen molar-refractivity contribution >= 4 is 10.9 Å². The summed E-state index contributed by atoms with van der Waals surface area (Å²) >= 11 is 0. The van der Waals surface area contributed by atoms with E-state index in [1.807, 2.05) is 12.3 Å². The van der Waals surface area contributed by atoms with E-state index in [2.05, 4.69) is 59.5 Å². The third-order valence-corrected chi connectivity index (χ3v) is 6.18. The molecule has 1 aliphatic rings. The van der Waals surface area contributed by atoms with E-state index in [0.29, 0.717) is 5.92 Å². The minimum atomic E-state index is 0.671. The van der Waals surface area contributed by atoms with Crippen molar-refractivity contribution in [3.05, 3.63) is 66.1 Å². The van der Waals surface area contributed by atoms with Gasteiger partial charge in [-0.2, -0.15) is 0 Å². The number of nitrogens with one attached hydrogen (secondary N) is 1. The third-order valence-electron chi connectivity index (χ3n) is 6.18. The number of H-pyrrole nitrogens is 1. The van der Waals surface area contributed by atoms with E-state index < -0.39 is 0 Å². The number of hydrogen-bond acceptors (Lipinski definition) is 1. The average Bonchev–Trinajstić information content (AvgIpc) is 3.29. The normalized spacial score (nSPS) is 23.3. The Kier molecular flexibility index (Phi) is 4.87. The largest absolute Gasteiger partial charge is 0.361 e. The number of benzene rings is 1. The summed E-state index contributed by atoms with van der Waals surface area (Å²) in [6.45, 7) is 2.36. The van der Waals surface area contributed by atoms with E-state index in [1.54, 1.807) is 0 Å². The molecular weight excluding hydrogens is 304 g/mol. The quantitative estimate of drug-likeness (QED) is 0.580. The second-order valence-electron chi connectivity index (χ2n) is 7.60. The van der Waals surface area contributed by atoms with Crippen molar-refractivity contribution in [3.8, 4) is 0 Å². The molecule has 2 nitrogen and oxygen atoms in total. The molecule has 2 aromatic heterocycles. The topological polar surface area (TPSA) is 28.7 Å². The van der Waals surface area contributed by atoms with Crippen molar-refractivity contribution in [1.29, 1.82) is 0 Å². The van der Waals surface area contributed by atoms with Crippen LogP contribution in [0.4, 0.5) is 0 Å². The molecular formula is C23H28N2. The van der Waals surface area contributed by atoms with Crippen molar-refractivity contribution in [1.82, 2.24) is 9.97 Å². The molecule has 1 fully saturated rings. The van der Waals surface area contributed by atoms with Gasteiger partial charge in [0.1, 0.15) is 0 Å². The molecule has 0 amide bonds. The minimum Gasteiger partial charge on any atom is -0.361 e. The Balaban J connectivity index is 1.38. The van der Waals surface area contributed by atoms with Gasteiger partial charge in [-0.15, -0.1) is 0 Å². The molecule has 1 N–H and O–H groups in total. The first-order chi connectivity index (χ1) is 12.3. The van der Waals surface area contributed by atoms with Crippen LogP contribution in [0.2, 0.25) is 0 Å². The molecule has 3 aromatic rings. The van der Waals surface area contributed by atoms with Crippen LogP contribution < -0.4 is 0 Å². The fourth-order valence-electron chi connectivity index (χ4n) is 4.85. The van der Waals surface area contributed by atoms with Crippen molar-refractivity contribution in [2.24, 2.45) is 11.8 Å². The molecule has 1 saturated carbocycles. The molecule has 0 saturated heterocycles. The van der Waals surface area contributed by atoms with Gasteiger partial charge < -0.3 is 4.98 Å². The molecule has 0 bridgehead atoms. The third kappa shape index (κ3) is 3.49. The molecule has 130 valence electrons. The summed E-state index contributed by atoms with van der Waals surface area (Å²) in [5.41, 5.74) is 4.06. The molecule has 1 aromatic carbocycles. The fourth-order valence-corrected chi connectivity index (χ4v) is 4.85. The lowest BCUT2D eigenvalue weighted by Gasteiger charge is -2.17. The highest BCUT2D eigenvalue weighted by atomic mass is 14.7. The van der Waals surface area contributed by atoms with Crippen LogP contribution in [-0.2, 0) is 6.42 Å². The van der Waals surface area contributed by atoms with Gasteiger partial charge in [0, 0.05) is 34.9 Å². The summed E-state index contributed by atoms with van der Waals surface area (Å²) in [6, 6.07) is 15.2. The summed E-state index contributed by atoms with van der Waals surface area (Å²) in [5, 5.41) is 1.40. The fraction of sp³-hybridized carbons (Fsp3) is 0.435. The van der Waals surface area contributed by atoms with Gasteiger partial charge in [-0.05, 0) is 73.8 Å². The molecule has 4 rings (SSSR count). The summed E-state index contributed by atoms with van der Waals surface area (Å²) in [6.07, 6.45) is 11.8. The van der Waals surface area contributed by atoms with E-state index in [4.69, 9.17) is 0 Å². The highest BCUT2D eigenvalue weighted by Crippen LogP contribution is 2.45. The Morgan fingerprint density at radius 3 is 2.80 bits per heavy atom. The van der Waals surface area contributed by atoms with E-state index in [-0.39, 0.29) is 0 Å². The molecule has 1 aliphatic carbocycles. The van der Waals surface area contributed by atoms with Crippen LogP contribution in [0, 0.1) is 11.8 Å². The van der Waals surface area contributed by atoms with E-state index in [0.717, 1.165) is 11.8 Å². The molecule has 0 aliphatic heterocycles. The lowest BCUT2D eigenvalue weighted by atomic mass is 9.88. The minimum absolute atomic E-state index is 0.671. The van der Waals surface area contributed by atoms with Gasteiger partial charge in [0.05, 0.1) is 0 Å². The summed E-state index contributed by atoms with van der Waals surface area (Å²) < 4.78 is 0. The van der Waals surface area contributed by atoms with Crippen LogP contribution in [0.25, 0.3) is 10.9 Å². The summed E-state index contributed by atoms with van der Waals surface area (Å²) in [4.78, 5) is 7.94. The number of pyridine rings is 1. The van der Waals surface area contributed by atoms with Gasteiger partial charge in [0.25, 0.3) is 0 Å². The van der Waals surface area contributed by atoms with Crippen LogP contribution in [-0.4, -0.2) is 9.97 Å². The molecule has 25 heavy (non-hydrogen) atoms. The zero-order chi connectivity index (χ0) is 17.1. The van der Waals surface area contributed by atoms with Crippen LogP contribution in [0.5, 0.6) is 0 Å². The van der Waals surface area contributed by atoms with Crippen molar-refractivity contribution in [2.75, 3.05) is 0 Å². The number of aromatic nitrogens is 2. The van der Waals surface area contributed by atoms with Crippen molar-refractivity contribution < 1.29 is 0 Å². The number of aryl methyl sites for hydroxylation is 1. The van der Waals surface area contributed by atoms with Crippen LogP contribution in [0.1, 0.15) is 56.2 Å². The zero-order valence-corrected chi connectivity index (χ0v) is 15.1. The van der Waals surface area contributed by atoms with Crippen molar-refractivity contribution in [3.63, 3.8) is 0 Å². The molecule has 0 radical (unpaired) electrons. The predicted octanol–water partition coefficient (Wildman–Crippen LogP) is 6.11. The summed E-state index contributed by atoms with van der Waals surface area (Å²) in [5.74, 6) is 2.40. The Hall–Kier alpha value is -2.09. The van der Waals surface area contributed by atoms with Crippen LogP contribution in [0.15, 0.2) is 54.9 Å². The van der Waals surface area contributed by atoms with E-state index in [9.17, 15) is 0 Å². The Labute approximate surface area is 150 Å². The van der Waals surface area contributed by atoms with Gasteiger partial charge in [0.15, 0.2) is 0 Å². The van der Waals surface area contributed by atoms with Crippen LogP contribution in [0.3, 0.4) is 0 Å². The van der Waals surface area contributed by atoms with Gasteiger partial charge in [-0.25, -0.2) is 0 Å². The Morgan fingerprint density at radius 2 is 1.96 bits per heavy atom. The lowest BCUT2D eigenvalue weighted by Crippen LogP contribution is -2.07. The average molecular weight is 332 g/mol. The number of aromatic amines is 1. The molecule has 0 spiro atoms. The predicted molar refractivity (Wildman–Crippen MR) is 105 cm³/mol. The summed E-state index contributed by atoms with van der Waals surface area (Å²) in [7, 11) is 0. The van der Waals surface area contributed by atoms with Crippen molar-refractivity contribution in [2.45, 2.75) is 51.4 Å². The Morgan fingerprint density at radius 1 is 1.04 bits per heavy atom. The Bertz CT molecular complexity index is 805. The van der Waals surface area contributed by atoms with Gasteiger partial charge in [-0.3, -0.25) is 4.98 Å². The second kappa shape index (κ2) is 7.43. The first-order valence-electron chi connectivity index (χ1n) is 9.81. The molecule has 1 unspecified atom stereocenters. The maximum Gasteiger partial charge on any atom is 0.0456 e. The SMILES string of the molecule is CC[C@H]1CC(c2ccccn2)C[C@H]1CCCc1cccc2[nH]ccc12. The monoisotopic (exact) mass is 332 g/mol. The van der Waals surface area contributed by atoms with Gasteiger partial charge in [0.2, 0.25) is 0 Å². The molecule has 2 heterocycles.